The van der Waals surface area contributed by atoms with Crippen molar-refractivity contribution in [2.45, 2.75) is 71.8 Å². The molecule has 2 spiro atoms. The summed E-state index contributed by atoms with van der Waals surface area (Å²) in [6, 6.07) is 43.8. The molecule has 13 rings (SSSR count). The number of carboxylic acid groups (broad SMARTS) is 1. The van der Waals surface area contributed by atoms with Gasteiger partial charge in [-0.15, -0.1) is 0 Å². The Morgan fingerprint density at radius 3 is 1.53 bits per heavy atom. The zero-order chi connectivity index (χ0) is 52.7. The topological polar surface area (TPSA) is 186 Å². The highest BCUT2D eigenvalue weighted by atomic mass is 79.9. The van der Waals surface area contributed by atoms with Gasteiger partial charge in [0.15, 0.2) is 0 Å². The van der Waals surface area contributed by atoms with E-state index >= 15 is 0 Å². The molecule has 5 heterocycles. The first-order chi connectivity index (χ1) is 36.8. The van der Waals surface area contributed by atoms with Gasteiger partial charge in [-0.2, -0.15) is 0 Å². The van der Waals surface area contributed by atoms with E-state index in [1.54, 1.807) is 17.0 Å². The summed E-state index contributed by atoms with van der Waals surface area (Å²) in [5.41, 5.74) is 16.4. The number of hydrogen-bond acceptors (Lipinski definition) is 9. The third-order valence-electron chi connectivity index (χ3n) is 16.3. The fourth-order valence-electron chi connectivity index (χ4n) is 12.1. The van der Waals surface area contributed by atoms with Crippen molar-refractivity contribution in [1.29, 1.82) is 0 Å². The summed E-state index contributed by atoms with van der Waals surface area (Å²) < 4.78 is 15.2. The molecule has 0 bridgehead atoms. The average molecular weight is 1180 g/mol. The van der Waals surface area contributed by atoms with Crippen LogP contribution in [0.3, 0.4) is 0 Å². The molecule has 0 atom stereocenters. The summed E-state index contributed by atoms with van der Waals surface area (Å²) in [5, 5.41) is 12.1. The van der Waals surface area contributed by atoms with Crippen LogP contribution in [0, 0.1) is 10.8 Å². The second kappa shape index (κ2) is 23.0. The van der Waals surface area contributed by atoms with Gasteiger partial charge in [-0.1, -0.05) is 144 Å². The fourth-order valence-corrected chi connectivity index (χ4v) is 12.9. The molecule has 3 fully saturated rings. The molecule has 7 aromatic rings. The number of aromatic nitrogens is 2. The number of amides is 3. The Morgan fingerprint density at radius 1 is 0.628 bits per heavy atom. The average Bonchev–Trinajstić information content (AvgIpc) is 4.31. The van der Waals surface area contributed by atoms with Crippen molar-refractivity contribution in [1.82, 2.24) is 24.7 Å². The van der Waals surface area contributed by atoms with Gasteiger partial charge in [0.1, 0.15) is 19.0 Å². The van der Waals surface area contributed by atoms with Gasteiger partial charge in [0.05, 0.1) is 16.5 Å². The molecule has 3 amide bonds. The number of benzene rings is 6. The summed E-state index contributed by atoms with van der Waals surface area (Å²) in [7, 11) is 0. The lowest BCUT2D eigenvalue weighted by molar-refractivity contribution is -0.119. The quantitative estimate of drug-likeness (QED) is 0.140. The van der Waals surface area contributed by atoms with E-state index in [4.69, 9.17) is 25.3 Å². The first kappa shape index (κ1) is 55.5. The van der Waals surface area contributed by atoms with Gasteiger partial charge in [-0.05, 0) is 117 Å². The minimum absolute atomic E-state index is 0. The molecule has 4 N–H and O–H groups in total. The first-order valence-electron chi connectivity index (χ1n) is 25.7. The number of nitrogens with one attached hydrogen (secondary N) is 1. The van der Waals surface area contributed by atoms with Gasteiger partial charge in [-0.25, -0.2) is 19.4 Å². The maximum Gasteiger partial charge on any atom is 0.409 e. The monoisotopic (exact) mass is 1180 g/mol. The first-order valence-corrected chi connectivity index (χ1v) is 27.3. The van der Waals surface area contributed by atoms with Crippen molar-refractivity contribution in [3.8, 4) is 22.3 Å². The number of rotatable bonds is 5. The molecule has 2 aliphatic carbocycles. The van der Waals surface area contributed by atoms with Crippen LogP contribution in [0.15, 0.2) is 147 Å². The SMILES string of the molecule is C.C.Nc1cc(Br)ccc1C(=O)O.O=C(OCC1c2ccccc2-c2ccccc21)N1CCC2(CC1)Cc1nc3cc(Br)ccc3c(=O)n1C2.O=C1CC2(CCN(C(=O)OCC3c4ccccc4-c4ccccc43)CC2)CN1. The standard InChI is InChI=1S/C30H26BrN3O3.C23H24N2O3.C7H6BrNO2.2CH4/c31-19-9-10-24-26(15-19)32-27-16-30(18-34(27)28(24)35)11-13-33(14-12-30)29(36)37-17-25-22-7-3-1-5-20(22)21-6-2-4-8-23(21)25;26-21-13-23(15-24-21)9-11-25(12-10-23)22(27)28-14-20-18-7-3-1-5-16(18)17-6-2-4-8-19(17)20;8-4-1-2-5(7(10)11)6(9)3-4;;/h1-10,15,25H,11-14,16-18H2;1-8,20H,9-15H2,(H,24,26);1-3H,9H2,(H,10,11);2*1H4. The number of fused-ring (bicyclic) bond motifs is 8. The Bertz CT molecular complexity index is 3400. The number of piperidine rings is 2. The van der Waals surface area contributed by atoms with Crippen molar-refractivity contribution in [3.63, 3.8) is 0 Å². The van der Waals surface area contributed by atoms with Crippen LogP contribution in [0.1, 0.15) is 97.2 Å². The smallest absolute Gasteiger partial charge is 0.409 e. The number of aromatic carboxylic acids is 1. The number of ether oxygens (including phenoxy) is 2. The zero-order valence-electron chi connectivity index (χ0n) is 41.7. The second-order valence-corrected chi connectivity index (χ2v) is 22.7. The predicted molar refractivity (Wildman–Crippen MR) is 311 cm³/mol. The number of hydrogen-bond donors (Lipinski definition) is 3. The van der Waals surface area contributed by atoms with Crippen LogP contribution in [0.5, 0.6) is 0 Å². The minimum atomic E-state index is -1.00. The fraction of sp³-hybridized carbons (Fsp3) is 0.323. The van der Waals surface area contributed by atoms with Crippen molar-refractivity contribution < 1.29 is 33.8 Å². The molecule has 3 saturated heterocycles. The van der Waals surface area contributed by atoms with E-state index in [0.29, 0.717) is 57.7 Å². The van der Waals surface area contributed by atoms with E-state index in [2.05, 4.69) is 110 Å². The van der Waals surface area contributed by atoms with Gasteiger partial charge in [0, 0.05) is 78.6 Å². The van der Waals surface area contributed by atoms with Gasteiger partial charge < -0.3 is 35.4 Å². The maximum atomic E-state index is 13.1. The van der Waals surface area contributed by atoms with Crippen LogP contribution in [0.25, 0.3) is 33.2 Å². The van der Waals surface area contributed by atoms with Crippen LogP contribution in [-0.4, -0.2) is 94.5 Å². The summed E-state index contributed by atoms with van der Waals surface area (Å²) in [4.78, 5) is 69.3. The molecule has 1 aromatic heterocycles. The molecule has 14 nitrogen and oxygen atoms in total. The highest BCUT2D eigenvalue weighted by Gasteiger charge is 2.44. The van der Waals surface area contributed by atoms with E-state index < -0.39 is 5.97 Å². The molecule has 0 unspecified atom stereocenters. The molecule has 6 aromatic carbocycles. The number of carbonyl (C=O) groups excluding carboxylic acids is 3. The van der Waals surface area contributed by atoms with E-state index in [9.17, 15) is 24.0 Å². The van der Waals surface area contributed by atoms with Crippen LogP contribution >= 0.6 is 31.9 Å². The number of likely N-dealkylation sites (tertiary alicyclic amines) is 2. The normalized spacial score (nSPS) is 16.9. The van der Waals surface area contributed by atoms with Gasteiger partial charge in [0.25, 0.3) is 5.56 Å². The zero-order valence-corrected chi connectivity index (χ0v) is 44.9. The van der Waals surface area contributed by atoms with E-state index in [1.807, 2.05) is 51.9 Å². The molecular weight excluding hydrogens is 1120 g/mol. The number of nitrogen functional groups attached to an aromatic ring is 1. The number of anilines is 1. The van der Waals surface area contributed by atoms with Crippen molar-refractivity contribution in [3.05, 3.63) is 186 Å². The van der Waals surface area contributed by atoms with E-state index in [0.717, 1.165) is 58.9 Å². The highest BCUT2D eigenvalue weighted by molar-refractivity contribution is 9.10. The second-order valence-electron chi connectivity index (χ2n) is 20.8. The molecular formula is C62H64Br2N6O8. The van der Waals surface area contributed by atoms with Crippen LogP contribution in [0.4, 0.5) is 15.3 Å². The highest BCUT2D eigenvalue weighted by Crippen LogP contribution is 2.47. The molecule has 4 aliphatic heterocycles. The van der Waals surface area contributed by atoms with E-state index in [1.165, 1.54) is 50.6 Å². The van der Waals surface area contributed by atoms with Gasteiger partial charge >= 0.3 is 18.2 Å². The molecule has 78 heavy (non-hydrogen) atoms. The third-order valence-corrected chi connectivity index (χ3v) is 17.3. The van der Waals surface area contributed by atoms with Crippen LogP contribution in [0.2, 0.25) is 0 Å². The Balaban J connectivity index is 0.000000159. The molecule has 16 heteroatoms. The lowest BCUT2D eigenvalue weighted by Gasteiger charge is -2.38. The number of nitrogens with two attached hydrogens (primary N) is 1. The van der Waals surface area contributed by atoms with Crippen molar-refractivity contribution >= 4 is 72.5 Å². The Labute approximate surface area is 471 Å². The van der Waals surface area contributed by atoms with Crippen LogP contribution < -0.4 is 16.6 Å². The van der Waals surface area contributed by atoms with Gasteiger partial charge in [-0.3, -0.25) is 14.2 Å². The Morgan fingerprint density at radius 2 is 1.08 bits per heavy atom. The molecule has 6 aliphatic rings. The van der Waals surface area contributed by atoms with E-state index in [-0.39, 0.29) is 72.4 Å². The lowest BCUT2D eigenvalue weighted by atomic mass is 9.77. The Kier molecular flexibility index (Phi) is 16.3. The third kappa shape index (κ3) is 10.9. The Hall–Kier alpha value is -7.30. The largest absolute Gasteiger partial charge is 0.478 e. The summed E-state index contributed by atoms with van der Waals surface area (Å²) in [5.74, 6) is 0.128. The molecule has 0 radical (unpaired) electrons. The number of nitrogens with zero attached hydrogens (tertiary/aromatic N) is 4. The molecule has 404 valence electrons. The number of carboxylic acids is 1. The molecule has 0 saturated carbocycles. The maximum absolute atomic E-state index is 13.1. The summed E-state index contributed by atoms with van der Waals surface area (Å²) >= 11 is 6.65. The number of halogens is 2. The van der Waals surface area contributed by atoms with Gasteiger partial charge in [0.2, 0.25) is 5.91 Å². The van der Waals surface area contributed by atoms with Crippen LogP contribution in [-0.2, 0) is 27.2 Å². The van der Waals surface area contributed by atoms with Crippen molar-refractivity contribution in [2.75, 3.05) is 51.7 Å². The summed E-state index contributed by atoms with van der Waals surface area (Å²) in [6.45, 7) is 4.67. The minimum Gasteiger partial charge on any atom is -0.478 e. The number of carbonyl (C=O) groups is 4. The summed E-state index contributed by atoms with van der Waals surface area (Å²) in [6.07, 6.45) is 4.24. The predicted octanol–water partition coefficient (Wildman–Crippen LogP) is 12.3. The van der Waals surface area contributed by atoms with Crippen molar-refractivity contribution in [2.24, 2.45) is 10.8 Å². The lowest BCUT2D eigenvalue weighted by Crippen LogP contribution is -2.44.